The zero-order valence-corrected chi connectivity index (χ0v) is 18.6. The molecule has 1 saturated carbocycles. The van der Waals surface area contributed by atoms with Crippen LogP contribution in [0.5, 0.6) is 0 Å². The number of rotatable bonds is 9. The molecule has 1 amide bonds. The Morgan fingerprint density at radius 2 is 1.93 bits per heavy atom. The van der Waals surface area contributed by atoms with Gasteiger partial charge in [-0.1, -0.05) is 6.07 Å². The molecule has 0 radical (unpaired) electrons. The van der Waals surface area contributed by atoms with Gasteiger partial charge in [-0.2, -0.15) is 0 Å². The number of carbonyl (C=O) groups is 1. The van der Waals surface area contributed by atoms with Gasteiger partial charge < -0.3 is 15.5 Å². The van der Waals surface area contributed by atoms with E-state index in [9.17, 15) is 4.79 Å². The number of carbonyl (C=O) groups excluding carboxylic acids is 1. The number of nitrogens with one attached hydrogen (secondary N) is 2. The Bertz CT molecular complexity index is 770. The molecule has 6 nitrogen and oxygen atoms in total. The number of amides is 1. The molecule has 3 rings (SSSR count). The number of nitrogens with zero attached hydrogens (tertiary/aromatic N) is 3. The SMILES string of the molecule is Cc1nc(NC2CCC(NC(=O)CCCCc3cccs3)CC2)cc(N(C)C)n1. The van der Waals surface area contributed by atoms with Gasteiger partial charge in [0.2, 0.25) is 5.91 Å². The molecule has 0 atom stereocenters. The van der Waals surface area contributed by atoms with Crippen molar-refractivity contribution in [3.8, 4) is 0 Å². The van der Waals surface area contributed by atoms with Crippen molar-refractivity contribution in [2.75, 3.05) is 24.3 Å². The highest BCUT2D eigenvalue weighted by Crippen LogP contribution is 2.23. The average Bonchev–Trinajstić information content (AvgIpc) is 3.20. The molecule has 0 bridgehead atoms. The van der Waals surface area contributed by atoms with Crippen LogP contribution in [-0.4, -0.2) is 42.1 Å². The molecule has 29 heavy (non-hydrogen) atoms. The first-order valence-electron chi connectivity index (χ1n) is 10.6. The van der Waals surface area contributed by atoms with Crippen molar-refractivity contribution >= 4 is 28.9 Å². The summed E-state index contributed by atoms with van der Waals surface area (Å²) in [7, 11) is 3.98. The second-order valence-corrected chi connectivity index (χ2v) is 9.13. The van der Waals surface area contributed by atoms with Crippen LogP contribution in [0.15, 0.2) is 23.6 Å². The molecule has 158 valence electrons. The molecule has 2 heterocycles. The van der Waals surface area contributed by atoms with E-state index in [0.717, 1.165) is 62.4 Å². The fourth-order valence-corrected chi connectivity index (χ4v) is 4.54. The zero-order chi connectivity index (χ0) is 20.6. The predicted octanol–water partition coefficient (Wildman–Crippen LogP) is 4.16. The molecule has 7 heteroatoms. The molecule has 0 unspecified atom stereocenters. The summed E-state index contributed by atoms with van der Waals surface area (Å²) in [6, 6.07) is 6.96. The molecule has 2 aromatic heterocycles. The summed E-state index contributed by atoms with van der Waals surface area (Å²) in [6.45, 7) is 1.92. The van der Waals surface area contributed by atoms with Crippen molar-refractivity contribution in [3.63, 3.8) is 0 Å². The number of unbranched alkanes of at least 4 members (excludes halogenated alkanes) is 1. The highest BCUT2D eigenvalue weighted by molar-refractivity contribution is 7.09. The Morgan fingerprint density at radius 1 is 1.17 bits per heavy atom. The van der Waals surface area contributed by atoms with Crippen LogP contribution < -0.4 is 15.5 Å². The molecule has 0 aliphatic heterocycles. The van der Waals surface area contributed by atoms with Crippen molar-refractivity contribution in [2.24, 2.45) is 0 Å². The first kappa shape index (κ1) is 21.6. The minimum absolute atomic E-state index is 0.203. The van der Waals surface area contributed by atoms with Crippen molar-refractivity contribution in [1.29, 1.82) is 0 Å². The maximum absolute atomic E-state index is 12.2. The van der Waals surface area contributed by atoms with Crippen LogP contribution in [0, 0.1) is 6.92 Å². The van der Waals surface area contributed by atoms with E-state index in [1.54, 1.807) is 11.3 Å². The Hall–Kier alpha value is -2.15. The fraction of sp³-hybridized carbons (Fsp3) is 0.591. The maximum Gasteiger partial charge on any atom is 0.220 e. The third-order valence-electron chi connectivity index (χ3n) is 5.38. The van der Waals surface area contributed by atoms with Crippen LogP contribution >= 0.6 is 11.3 Å². The van der Waals surface area contributed by atoms with Crippen LogP contribution in [0.25, 0.3) is 0 Å². The lowest BCUT2D eigenvalue weighted by molar-refractivity contribution is -0.122. The standard InChI is InChI=1S/C22H33N5OS/c1-16-23-20(15-21(24-16)27(2)3)25-17-10-12-18(13-11-17)26-22(28)9-5-4-7-19-8-6-14-29-19/h6,8,14-15,17-18H,4-5,7,9-13H2,1-3H3,(H,26,28)(H,23,24,25). The Kier molecular flexibility index (Phi) is 7.86. The van der Waals surface area contributed by atoms with E-state index < -0.39 is 0 Å². The van der Waals surface area contributed by atoms with E-state index >= 15 is 0 Å². The quantitative estimate of drug-likeness (QED) is 0.602. The van der Waals surface area contributed by atoms with E-state index in [1.807, 2.05) is 32.0 Å². The summed E-state index contributed by atoms with van der Waals surface area (Å²) in [5.41, 5.74) is 0. The minimum Gasteiger partial charge on any atom is -0.367 e. The number of aryl methyl sites for hydroxylation is 2. The van der Waals surface area contributed by atoms with E-state index in [2.05, 4.69) is 38.1 Å². The van der Waals surface area contributed by atoms with Gasteiger partial charge in [-0.15, -0.1) is 11.3 Å². The summed E-state index contributed by atoms with van der Waals surface area (Å²) in [5.74, 6) is 2.79. The molecule has 0 spiro atoms. The van der Waals surface area contributed by atoms with E-state index in [4.69, 9.17) is 0 Å². The summed E-state index contributed by atoms with van der Waals surface area (Å²) in [4.78, 5) is 24.6. The van der Waals surface area contributed by atoms with Gasteiger partial charge in [0.15, 0.2) is 0 Å². The van der Waals surface area contributed by atoms with Gasteiger partial charge in [0.05, 0.1) is 0 Å². The van der Waals surface area contributed by atoms with Gasteiger partial charge >= 0.3 is 0 Å². The third kappa shape index (κ3) is 6.99. The number of thiophene rings is 1. The molecule has 2 aromatic rings. The van der Waals surface area contributed by atoms with Gasteiger partial charge in [0.1, 0.15) is 17.5 Å². The van der Waals surface area contributed by atoms with Gasteiger partial charge in [-0.05, 0) is 63.3 Å². The predicted molar refractivity (Wildman–Crippen MR) is 121 cm³/mol. The highest BCUT2D eigenvalue weighted by Gasteiger charge is 2.22. The molecule has 1 aliphatic carbocycles. The van der Waals surface area contributed by atoms with Crippen LogP contribution in [0.3, 0.4) is 0 Å². The zero-order valence-electron chi connectivity index (χ0n) is 17.8. The second kappa shape index (κ2) is 10.6. The third-order valence-corrected chi connectivity index (χ3v) is 6.32. The van der Waals surface area contributed by atoms with Crippen molar-refractivity contribution in [3.05, 3.63) is 34.3 Å². The Labute approximate surface area is 178 Å². The molecular weight excluding hydrogens is 382 g/mol. The molecular formula is C22H33N5OS. The largest absolute Gasteiger partial charge is 0.367 e. The van der Waals surface area contributed by atoms with Crippen molar-refractivity contribution in [1.82, 2.24) is 15.3 Å². The highest BCUT2D eigenvalue weighted by atomic mass is 32.1. The number of anilines is 2. The maximum atomic E-state index is 12.2. The average molecular weight is 416 g/mol. The van der Waals surface area contributed by atoms with Crippen molar-refractivity contribution in [2.45, 2.75) is 70.4 Å². The molecule has 1 fully saturated rings. The molecule has 1 aliphatic rings. The van der Waals surface area contributed by atoms with E-state index in [0.29, 0.717) is 18.5 Å². The molecule has 0 saturated heterocycles. The number of hydrogen-bond donors (Lipinski definition) is 2. The van der Waals surface area contributed by atoms with E-state index in [1.165, 1.54) is 4.88 Å². The minimum atomic E-state index is 0.203. The number of hydrogen-bond acceptors (Lipinski definition) is 6. The lowest BCUT2D eigenvalue weighted by atomic mass is 9.91. The fourth-order valence-electron chi connectivity index (χ4n) is 3.79. The van der Waals surface area contributed by atoms with Gasteiger partial charge in [-0.3, -0.25) is 4.79 Å². The Morgan fingerprint density at radius 3 is 2.62 bits per heavy atom. The van der Waals surface area contributed by atoms with Gasteiger partial charge in [0.25, 0.3) is 0 Å². The topological polar surface area (TPSA) is 70.2 Å². The van der Waals surface area contributed by atoms with E-state index in [-0.39, 0.29) is 5.91 Å². The summed E-state index contributed by atoms with van der Waals surface area (Å²) < 4.78 is 0. The van der Waals surface area contributed by atoms with Crippen LogP contribution in [0.1, 0.15) is 55.6 Å². The Balaban J connectivity index is 1.35. The monoisotopic (exact) mass is 415 g/mol. The van der Waals surface area contributed by atoms with Crippen molar-refractivity contribution < 1.29 is 4.79 Å². The molecule has 0 aromatic carbocycles. The van der Waals surface area contributed by atoms with Gasteiger partial charge in [0, 0.05) is 43.5 Å². The van der Waals surface area contributed by atoms with Crippen LogP contribution in [-0.2, 0) is 11.2 Å². The number of aromatic nitrogens is 2. The van der Waals surface area contributed by atoms with Gasteiger partial charge in [-0.25, -0.2) is 9.97 Å². The lowest BCUT2D eigenvalue weighted by Crippen LogP contribution is -2.40. The van der Waals surface area contributed by atoms with Crippen LogP contribution in [0.4, 0.5) is 11.6 Å². The lowest BCUT2D eigenvalue weighted by Gasteiger charge is -2.30. The first-order valence-corrected chi connectivity index (χ1v) is 11.5. The normalized spacial score (nSPS) is 19.0. The first-order chi connectivity index (χ1) is 14.0. The second-order valence-electron chi connectivity index (χ2n) is 8.10. The smallest absolute Gasteiger partial charge is 0.220 e. The summed E-state index contributed by atoms with van der Waals surface area (Å²) in [5, 5.41) is 8.90. The summed E-state index contributed by atoms with van der Waals surface area (Å²) in [6.07, 6.45) is 7.89. The molecule has 2 N–H and O–H groups in total. The summed E-state index contributed by atoms with van der Waals surface area (Å²) >= 11 is 1.80. The van der Waals surface area contributed by atoms with Crippen LogP contribution in [0.2, 0.25) is 0 Å².